The normalized spacial score (nSPS) is 15.1. The first-order valence-corrected chi connectivity index (χ1v) is 9.65. The van der Waals surface area contributed by atoms with Gasteiger partial charge >= 0.3 is 23.9 Å². The number of carbonyl (C=O) groups excluding carboxylic acids is 2. The van der Waals surface area contributed by atoms with E-state index in [9.17, 15) is 19.2 Å². The van der Waals surface area contributed by atoms with Gasteiger partial charge in [0.1, 0.15) is 0 Å². The molecule has 0 heterocycles. The van der Waals surface area contributed by atoms with E-state index >= 15 is 0 Å². The Labute approximate surface area is 166 Å². The summed E-state index contributed by atoms with van der Waals surface area (Å²) >= 11 is 0. The van der Waals surface area contributed by atoms with E-state index in [1.165, 1.54) is 14.2 Å². The van der Waals surface area contributed by atoms with Gasteiger partial charge < -0.3 is 19.7 Å². The minimum Gasteiger partial charge on any atom is -0.481 e. The van der Waals surface area contributed by atoms with Crippen LogP contribution < -0.4 is 0 Å². The molecule has 162 valence electrons. The van der Waals surface area contributed by atoms with E-state index < -0.39 is 34.7 Å². The first-order chi connectivity index (χ1) is 13.0. The third kappa shape index (κ3) is 7.48. The molecule has 0 spiro atoms. The Morgan fingerprint density at radius 1 is 0.643 bits per heavy atom. The fourth-order valence-electron chi connectivity index (χ4n) is 3.52. The van der Waals surface area contributed by atoms with Gasteiger partial charge in [0, 0.05) is 12.8 Å². The molecule has 0 fully saturated rings. The molecular formula is C20H34O8. The summed E-state index contributed by atoms with van der Waals surface area (Å²) in [6, 6.07) is 0. The number of rotatable bonds is 15. The van der Waals surface area contributed by atoms with E-state index in [4.69, 9.17) is 19.7 Å². The molecule has 8 heteroatoms. The molecule has 28 heavy (non-hydrogen) atoms. The van der Waals surface area contributed by atoms with Gasteiger partial charge in [-0.05, 0) is 39.5 Å². The average Bonchev–Trinajstić information content (AvgIpc) is 2.64. The lowest BCUT2D eigenvalue weighted by Crippen LogP contribution is -2.50. The van der Waals surface area contributed by atoms with Crippen molar-refractivity contribution in [2.75, 3.05) is 14.2 Å². The largest absolute Gasteiger partial charge is 0.481 e. The molecule has 0 aliphatic rings. The summed E-state index contributed by atoms with van der Waals surface area (Å²) in [5.74, 6) is -2.75. The molecule has 2 unspecified atom stereocenters. The Hall–Kier alpha value is -2.12. The van der Waals surface area contributed by atoms with Crippen molar-refractivity contribution in [1.29, 1.82) is 0 Å². The molecule has 0 aromatic heterocycles. The van der Waals surface area contributed by atoms with Crippen molar-refractivity contribution in [1.82, 2.24) is 0 Å². The van der Waals surface area contributed by atoms with Gasteiger partial charge in [-0.2, -0.15) is 0 Å². The Morgan fingerprint density at radius 3 is 1.21 bits per heavy atom. The summed E-state index contributed by atoms with van der Waals surface area (Å²) in [6.45, 7) is 3.37. The highest BCUT2D eigenvalue weighted by atomic mass is 16.5. The molecule has 8 nitrogen and oxygen atoms in total. The number of carbonyl (C=O) groups is 4. The number of hydrogen-bond donors (Lipinski definition) is 2. The topological polar surface area (TPSA) is 127 Å². The lowest BCUT2D eigenvalue weighted by Gasteiger charge is -2.42. The second kappa shape index (κ2) is 12.4. The summed E-state index contributed by atoms with van der Waals surface area (Å²) in [7, 11) is 2.55. The third-order valence-electron chi connectivity index (χ3n) is 5.62. The Morgan fingerprint density at radius 2 is 0.964 bits per heavy atom. The summed E-state index contributed by atoms with van der Waals surface area (Å²) in [4.78, 5) is 46.6. The minimum atomic E-state index is -1.13. The second-order valence-electron chi connectivity index (χ2n) is 7.56. The number of unbranched alkanes of at least 4 members (excludes halogenated alkanes) is 4. The number of hydrogen-bond acceptors (Lipinski definition) is 6. The van der Waals surface area contributed by atoms with Crippen molar-refractivity contribution in [2.24, 2.45) is 10.8 Å². The van der Waals surface area contributed by atoms with Crippen LogP contribution in [0.2, 0.25) is 0 Å². The number of aliphatic carboxylic acids is 2. The first kappa shape index (κ1) is 25.9. The molecule has 0 aliphatic heterocycles. The predicted molar refractivity (Wildman–Crippen MR) is 102 cm³/mol. The van der Waals surface area contributed by atoms with Crippen LogP contribution in [0, 0.1) is 10.8 Å². The monoisotopic (exact) mass is 402 g/mol. The molecule has 0 saturated heterocycles. The van der Waals surface area contributed by atoms with E-state index in [2.05, 4.69) is 0 Å². The Kier molecular flexibility index (Phi) is 11.4. The number of carboxylic acids is 2. The molecule has 0 bridgehead atoms. The zero-order chi connectivity index (χ0) is 21.8. The number of methoxy groups -OCH3 is 2. The average molecular weight is 402 g/mol. The lowest BCUT2D eigenvalue weighted by molar-refractivity contribution is -0.177. The standard InChI is InChI=1S/C20H34O8/c1-19(17(25)27-3,13-9-5-7-11-15(21)22)20(2,18(26)28-4)14-10-6-8-12-16(23)24/h5-14H2,1-4H3,(H,21,22)(H,23,24). The van der Waals surface area contributed by atoms with Crippen LogP contribution in [-0.4, -0.2) is 48.3 Å². The minimum absolute atomic E-state index is 0.0623. The molecule has 0 aromatic carbocycles. The van der Waals surface area contributed by atoms with Crippen LogP contribution in [0.3, 0.4) is 0 Å². The fraction of sp³-hybridized carbons (Fsp3) is 0.800. The zero-order valence-corrected chi connectivity index (χ0v) is 17.4. The number of ether oxygens (including phenoxy) is 2. The molecule has 0 amide bonds. The van der Waals surface area contributed by atoms with Crippen LogP contribution in [0.25, 0.3) is 0 Å². The smallest absolute Gasteiger partial charge is 0.312 e. The van der Waals surface area contributed by atoms with Crippen molar-refractivity contribution in [3.63, 3.8) is 0 Å². The summed E-state index contributed by atoms with van der Waals surface area (Å²) in [6.07, 6.45) is 4.23. The van der Waals surface area contributed by atoms with Gasteiger partial charge in [0.05, 0.1) is 25.0 Å². The maximum absolute atomic E-state index is 12.6. The van der Waals surface area contributed by atoms with E-state index in [1.54, 1.807) is 13.8 Å². The van der Waals surface area contributed by atoms with Crippen molar-refractivity contribution >= 4 is 23.9 Å². The summed E-state index contributed by atoms with van der Waals surface area (Å²) < 4.78 is 9.98. The molecule has 0 aliphatic carbocycles. The van der Waals surface area contributed by atoms with Crippen molar-refractivity contribution < 1.29 is 38.9 Å². The van der Waals surface area contributed by atoms with E-state index in [0.29, 0.717) is 51.4 Å². The highest BCUT2D eigenvalue weighted by molar-refractivity contribution is 5.87. The van der Waals surface area contributed by atoms with E-state index in [1.807, 2.05) is 0 Å². The van der Waals surface area contributed by atoms with Gasteiger partial charge in [0.15, 0.2) is 0 Å². The van der Waals surface area contributed by atoms with Gasteiger partial charge in [-0.15, -0.1) is 0 Å². The van der Waals surface area contributed by atoms with Gasteiger partial charge in [-0.1, -0.05) is 25.7 Å². The fourth-order valence-corrected chi connectivity index (χ4v) is 3.52. The van der Waals surface area contributed by atoms with E-state index in [-0.39, 0.29) is 12.8 Å². The predicted octanol–water partition coefficient (Wildman–Crippen LogP) is 3.42. The van der Waals surface area contributed by atoms with Gasteiger partial charge in [-0.25, -0.2) is 0 Å². The Bertz CT molecular complexity index is 496. The van der Waals surface area contributed by atoms with Crippen LogP contribution in [0.15, 0.2) is 0 Å². The molecule has 0 radical (unpaired) electrons. The first-order valence-electron chi connectivity index (χ1n) is 9.65. The van der Waals surface area contributed by atoms with Crippen molar-refractivity contribution in [2.45, 2.75) is 78.1 Å². The van der Waals surface area contributed by atoms with Crippen molar-refractivity contribution in [3.05, 3.63) is 0 Å². The Balaban J connectivity index is 5.27. The third-order valence-corrected chi connectivity index (χ3v) is 5.62. The van der Waals surface area contributed by atoms with Crippen LogP contribution >= 0.6 is 0 Å². The van der Waals surface area contributed by atoms with Gasteiger partial charge in [0.2, 0.25) is 0 Å². The molecule has 0 saturated carbocycles. The lowest BCUT2D eigenvalue weighted by atomic mass is 9.60. The van der Waals surface area contributed by atoms with E-state index in [0.717, 1.165) is 0 Å². The van der Waals surface area contributed by atoms with Gasteiger partial charge in [0.25, 0.3) is 0 Å². The molecular weight excluding hydrogens is 368 g/mol. The van der Waals surface area contributed by atoms with Crippen LogP contribution in [0.1, 0.15) is 78.1 Å². The second-order valence-corrected chi connectivity index (χ2v) is 7.56. The molecule has 0 rings (SSSR count). The quantitative estimate of drug-likeness (QED) is 0.315. The van der Waals surface area contributed by atoms with Crippen LogP contribution in [0.4, 0.5) is 0 Å². The highest BCUT2D eigenvalue weighted by Crippen LogP contribution is 2.48. The zero-order valence-electron chi connectivity index (χ0n) is 17.4. The highest BCUT2D eigenvalue weighted by Gasteiger charge is 2.55. The van der Waals surface area contributed by atoms with Crippen molar-refractivity contribution in [3.8, 4) is 0 Å². The van der Waals surface area contributed by atoms with Crippen LogP contribution in [-0.2, 0) is 28.7 Å². The van der Waals surface area contributed by atoms with Crippen LogP contribution in [0.5, 0.6) is 0 Å². The van der Waals surface area contributed by atoms with Gasteiger partial charge in [-0.3, -0.25) is 19.2 Å². The molecule has 2 atom stereocenters. The SMILES string of the molecule is COC(=O)C(C)(CCCCCC(=O)O)C(C)(CCCCCC(=O)O)C(=O)OC. The number of esters is 2. The summed E-state index contributed by atoms with van der Waals surface area (Å²) in [5, 5.41) is 17.5. The maximum Gasteiger partial charge on any atom is 0.312 e. The molecule has 0 aromatic rings. The number of carboxylic acid groups (broad SMARTS) is 2. The summed E-state index contributed by atoms with van der Waals surface area (Å²) in [5.41, 5.74) is -2.27. The maximum atomic E-state index is 12.6. The molecule has 2 N–H and O–H groups in total.